The molecule has 3 N–H and O–H groups in total. The molecule has 0 heterocycles. The topological polar surface area (TPSA) is 237 Å². The predicted octanol–water partition coefficient (Wildman–Crippen LogP) is 24.1. The Morgan fingerprint density at radius 1 is 0.290 bits per heavy atom. The van der Waals surface area contributed by atoms with Gasteiger partial charge < -0.3 is 33.8 Å². The van der Waals surface area contributed by atoms with E-state index in [2.05, 4.69) is 48.5 Å². The third kappa shape index (κ3) is 73.0. The van der Waals surface area contributed by atoms with Gasteiger partial charge in [0.05, 0.1) is 26.4 Å². The molecule has 0 saturated heterocycles. The maximum atomic E-state index is 13.1. The number of phosphoric ester groups is 2. The molecule has 0 aliphatic rings. The van der Waals surface area contributed by atoms with Gasteiger partial charge in [0.2, 0.25) is 0 Å². The van der Waals surface area contributed by atoms with Crippen molar-refractivity contribution in [3.8, 4) is 0 Å². The van der Waals surface area contributed by atoms with Crippen LogP contribution >= 0.6 is 15.6 Å². The Kier molecular flexibility index (Phi) is 69.9. The molecule has 6 atom stereocenters. The molecular formula is C81H158O17P2. The quantitative estimate of drug-likeness (QED) is 0.0222. The van der Waals surface area contributed by atoms with E-state index >= 15 is 0 Å². The van der Waals surface area contributed by atoms with Crippen molar-refractivity contribution in [1.82, 2.24) is 0 Å². The first-order valence-corrected chi connectivity index (χ1v) is 44.9. The standard InChI is InChI=1S/C81H158O17P2/c1-8-10-11-12-13-14-15-16-17-18-19-20-21-22-23-24-29-32-35-41-50-57-64-80(85)97-76(68-91-78(83)62-55-48-40-34-31-28-26-25-27-30-33-38-45-52-59-72(3)4)70-95-99(87,88)93-66-75(82)67-94-100(89,90)96-71-77(69-92-79(84)63-56-49-44-43-47-54-61-74(7)9-2)98-81(86)65-58-51-42-37-36-39-46-53-60-73(5)6/h72-77,82H,8-71H2,1-7H3,(H,87,88)(H,89,90)/t74?,75-,76-,77-/m1/s1. The Balaban J connectivity index is 5.20. The summed E-state index contributed by atoms with van der Waals surface area (Å²) in [5.41, 5.74) is 0. The van der Waals surface area contributed by atoms with Crippen LogP contribution in [0.5, 0.6) is 0 Å². The maximum Gasteiger partial charge on any atom is 0.472 e. The van der Waals surface area contributed by atoms with Crippen molar-refractivity contribution in [2.45, 2.75) is 439 Å². The van der Waals surface area contributed by atoms with Crippen LogP contribution in [0.1, 0.15) is 421 Å². The van der Waals surface area contributed by atoms with Crippen molar-refractivity contribution < 1.29 is 80.2 Å². The van der Waals surface area contributed by atoms with Gasteiger partial charge in [-0.3, -0.25) is 37.3 Å². The lowest BCUT2D eigenvalue weighted by Gasteiger charge is -2.21. The zero-order valence-electron chi connectivity index (χ0n) is 65.7. The number of aliphatic hydroxyl groups excluding tert-OH is 1. The fourth-order valence-electron chi connectivity index (χ4n) is 12.5. The summed E-state index contributed by atoms with van der Waals surface area (Å²) < 4.78 is 68.6. The molecule has 0 spiro atoms. The molecule has 100 heavy (non-hydrogen) atoms. The molecule has 0 fully saturated rings. The fourth-order valence-corrected chi connectivity index (χ4v) is 14.0. The number of carbonyl (C=O) groups excluding carboxylic acids is 4. The van der Waals surface area contributed by atoms with Gasteiger partial charge in [0.15, 0.2) is 12.2 Å². The molecule has 0 amide bonds. The Labute approximate surface area is 613 Å². The largest absolute Gasteiger partial charge is 0.472 e. The molecule has 0 bridgehead atoms. The zero-order valence-corrected chi connectivity index (χ0v) is 67.5. The number of aliphatic hydroxyl groups is 1. The van der Waals surface area contributed by atoms with Gasteiger partial charge in [-0.25, -0.2) is 9.13 Å². The van der Waals surface area contributed by atoms with E-state index in [1.54, 1.807) is 0 Å². The number of hydrogen-bond acceptors (Lipinski definition) is 15. The molecular weight excluding hydrogens is 1310 g/mol. The van der Waals surface area contributed by atoms with Gasteiger partial charge in [0.25, 0.3) is 0 Å². The minimum Gasteiger partial charge on any atom is -0.462 e. The lowest BCUT2D eigenvalue weighted by Crippen LogP contribution is -2.30. The molecule has 0 aliphatic heterocycles. The van der Waals surface area contributed by atoms with Crippen LogP contribution in [0.2, 0.25) is 0 Å². The number of unbranched alkanes of at least 4 members (excludes halogenated alkanes) is 46. The van der Waals surface area contributed by atoms with Crippen LogP contribution in [-0.4, -0.2) is 96.7 Å². The summed E-state index contributed by atoms with van der Waals surface area (Å²) in [6.07, 6.45) is 60.0. The van der Waals surface area contributed by atoms with E-state index in [0.29, 0.717) is 25.7 Å². The van der Waals surface area contributed by atoms with Crippen molar-refractivity contribution in [2.75, 3.05) is 39.6 Å². The second kappa shape index (κ2) is 71.3. The van der Waals surface area contributed by atoms with E-state index in [0.717, 1.165) is 114 Å². The number of carbonyl (C=O) groups is 4. The average Bonchev–Trinajstić information content (AvgIpc) is 0.991. The molecule has 594 valence electrons. The lowest BCUT2D eigenvalue weighted by atomic mass is 10.00. The minimum atomic E-state index is -4.96. The number of esters is 4. The van der Waals surface area contributed by atoms with Crippen molar-refractivity contribution in [3.05, 3.63) is 0 Å². The van der Waals surface area contributed by atoms with Crippen molar-refractivity contribution in [1.29, 1.82) is 0 Å². The molecule has 17 nitrogen and oxygen atoms in total. The molecule has 0 aromatic carbocycles. The Bertz CT molecular complexity index is 1940. The van der Waals surface area contributed by atoms with Gasteiger partial charge in [-0.1, -0.05) is 370 Å². The van der Waals surface area contributed by atoms with Gasteiger partial charge in [-0.2, -0.15) is 0 Å². The Hall–Kier alpha value is -1.94. The van der Waals surface area contributed by atoms with Gasteiger partial charge >= 0.3 is 39.5 Å². The van der Waals surface area contributed by atoms with Crippen LogP contribution in [0, 0.1) is 17.8 Å². The minimum absolute atomic E-state index is 0.104. The molecule has 0 rings (SSSR count). The molecule has 3 unspecified atom stereocenters. The summed E-state index contributed by atoms with van der Waals surface area (Å²) in [6.45, 7) is 11.9. The fraction of sp³-hybridized carbons (Fsp3) is 0.951. The smallest absolute Gasteiger partial charge is 0.462 e. The third-order valence-corrected chi connectivity index (χ3v) is 21.1. The Morgan fingerprint density at radius 2 is 0.510 bits per heavy atom. The first-order chi connectivity index (χ1) is 48.3. The van der Waals surface area contributed by atoms with Crippen molar-refractivity contribution >= 4 is 39.5 Å². The van der Waals surface area contributed by atoms with Gasteiger partial charge in [-0.15, -0.1) is 0 Å². The van der Waals surface area contributed by atoms with Crippen LogP contribution in [0.15, 0.2) is 0 Å². The number of rotatable bonds is 79. The molecule has 0 radical (unpaired) electrons. The molecule has 0 aliphatic carbocycles. The third-order valence-electron chi connectivity index (χ3n) is 19.2. The van der Waals surface area contributed by atoms with Gasteiger partial charge in [-0.05, 0) is 43.4 Å². The molecule has 0 aromatic heterocycles. The highest BCUT2D eigenvalue weighted by Crippen LogP contribution is 2.45. The van der Waals surface area contributed by atoms with Crippen LogP contribution in [0.3, 0.4) is 0 Å². The monoisotopic (exact) mass is 1470 g/mol. The van der Waals surface area contributed by atoms with Crippen molar-refractivity contribution in [3.63, 3.8) is 0 Å². The van der Waals surface area contributed by atoms with Crippen LogP contribution in [0.4, 0.5) is 0 Å². The van der Waals surface area contributed by atoms with E-state index in [-0.39, 0.29) is 25.7 Å². The SMILES string of the molecule is CCCCCCCCCCCCCCCCCCCCCCCCC(=O)O[C@H](COC(=O)CCCCCCCCCCCCCCCCC(C)C)COP(=O)(O)OC[C@@H](O)COP(=O)(O)OC[C@@H](COC(=O)CCCCCCCCC(C)CC)OC(=O)CCCCCCCCCCC(C)C. The zero-order chi connectivity index (χ0) is 73.7. The van der Waals surface area contributed by atoms with Crippen LogP contribution in [0.25, 0.3) is 0 Å². The second-order valence-corrected chi connectivity index (χ2v) is 33.3. The maximum absolute atomic E-state index is 13.1. The summed E-state index contributed by atoms with van der Waals surface area (Å²) in [4.78, 5) is 72.9. The number of phosphoric acid groups is 2. The van der Waals surface area contributed by atoms with E-state index in [1.165, 1.54) is 225 Å². The second-order valence-electron chi connectivity index (χ2n) is 30.4. The summed E-state index contributed by atoms with van der Waals surface area (Å²) in [5, 5.41) is 10.6. The van der Waals surface area contributed by atoms with Gasteiger partial charge in [0, 0.05) is 25.7 Å². The van der Waals surface area contributed by atoms with Crippen LogP contribution < -0.4 is 0 Å². The van der Waals surface area contributed by atoms with Gasteiger partial charge in [0.1, 0.15) is 19.3 Å². The summed E-state index contributed by atoms with van der Waals surface area (Å²) in [7, 11) is -9.92. The highest BCUT2D eigenvalue weighted by molar-refractivity contribution is 7.47. The lowest BCUT2D eigenvalue weighted by molar-refractivity contribution is -0.161. The summed E-state index contributed by atoms with van der Waals surface area (Å²) >= 11 is 0. The summed E-state index contributed by atoms with van der Waals surface area (Å²) in [5.74, 6) is 0.132. The van der Waals surface area contributed by atoms with Crippen LogP contribution in [-0.2, 0) is 65.4 Å². The Morgan fingerprint density at radius 3 is 0.760 bits per heavy atom. The predicted molar refractivity (Wildman–Crippen MR) is 409 cm³/mol. The van der Waals surface area contributed by atoms with Crippen molar-refractivity contribution in [2.24, 2.45) is 17.8 Å². The van der Waals surface area contributed by atoms with E-state index in [9.17, 15) is 43.2 Å². The first kappa shape index (κ1) is 98.1. The van der Waals surface area contributed by atoms with E-state index in [4.69, 9.17) is 37.0 Å². The summed E-state index contributed by atoms with van der Waals surface area (Å²) in [6, 6.07) is 0. The normalized spacial score (nSPS) is 14.2. The van der Waals surface area contributed by atoms with E-state index < -0.39 is 97.5 Å². The van der Waals surface area contributed by atoms with E-state index in [1.807, 2.05) is 0 Å². The number of hydrogen-bond donors (Lipinski definition) is 3. The highest BCUT2D eigenvalue weighted by atomic mass is 31.2. The first-order valence-electron chi connectivity index (χ1n) is 41.9. The number of ether oxygens (including phenoxy) is 4. The molecule has 0 saturated carbocycles. The molecule has 0 aromatic rings. The highest BCUT2D eigenvalue weighted by Gasteiger charge is 2.30. The molecule has 19 heteroatoms. The average molecular weight is 1470 g/mol.